The number of nitrogens with zero attached hydrogens (tertiary/aromatic N) is 2. The van der Waals surface area contributed by atoms with Gasteiger partial charge in [0.15, 0.2) is 0 Å². The van der Waals surface area contributed by atoms with Crippen molar-refractivity contribution in [2.24, 2.45) is 5.92 Å². The number of fused-ring (bicyclic) bond motifs is 1. The Balaban J connectivity index is 1.53. The van der Waals surface area contributed by atoms with E-state index in [1.807, 2.05) is 44.2 Å². The Labute approximate surface area is 174 Å². The van der Waals surface area contributed by atoms with Crippen LogP contribution in [0.15, 0.2) is 46.8 Å². The Kier molecular flexibility index (Phi) is 5.42. The van der Waals surface area contributed by atoms with Crippen molar-refractivity contribution in [3.8, 4) is 0 Å². The van der Waals surface area contributed by atoms with E-state index in [-0.39, 0.29) is 18.4 Å². The van der Waals surface area contributed by atoms with E-state index >= 15 is 0 Å². The van der Waals surface area contributed by atoms with Gasteiger partial charge in [-0.15, -0.1) is 11.3 Å². The lowest BCUT2D eigenvalue weighted by Gasteiger charge is -2.30. The molecular formula is C21H23N3O3S2. The molecule has 0 bridgehead atoms. The Morgan fingerprint density at radius 2 is 2.03 bits per heavy atom. The average molecular weight is 430 g/mol. The number of aromatic nitrogens is 1. The molecule has 6 nitrogen and oxygen atoms in total. The first kappa shape index (κ1) is 20.0. The number of carbonyl (C=O) groups excluding carboxylic acids is 1. The second-order valence-electron chi connectivity index (χ2n) is 7.39. The molecule has 0 aliphatic carbocycles. The first-order valence-electron chi connectivity index (χ1n) is 9.58. The van der Waals surface area contributed by atoms with Gasteiger partial charge in [0, 0.05) is 29.5 Å². The smallest absolute Gasteiger partial charge is 0.252 e. The van der Waals surface area contributed by atoms with Gasteiger partial charge in [0.2, 0.25) is 5.91 Å². The lowest BCUT2D eigenvalue weighted by molar-refractivity contribution is -0.120. The molecule has 1 saturated heterocycles. The molecule has 1 aromatic carbocycles. The fourth-order valence-corrected chi connectivity index (χ4v) is 6.67. The monoisotopic (exact) mass is 429 g/mol. The maximum atomic E-state index is 13.0. The van der Waals surface area contributed by atoms with Gasteiger partial charge >= 0.3 is 0 Å². The lowest BCUT2D eigenvalue weighted by atomic mass is 9.98. The van der Waals surface area contributed by atoms with Gasteiger partial charge in [0.05, 0.1) is 17.1 Å². The average Bonchev–Trinajstić information content (AvgIpc) is 3.17. The van der Waals surface area contributed by atoms with Crippen molar-refractivity contribution in [1.82, 2.24) is 9.29 Å². The zero-order valence-corrected chi connectivity index (χ0v) is 18.0. The second kappa shape index (κ2) is 7.85. The molecule has 0 spiro atoms. The van der Waals surface area contributed by atoms with Gasteiger partial charge in [0.25, 0.3) is 10.0 Å². The van der Waals surface area contributed by atoms with E-state index in [4.69, 9.17) is 0 Å². The molecule has 1 N–H and O–H groups in total. The Bertz CT molecular complexity index is 1170. The Morgan fingerprint density at radius 1 is 1.21 bits per heavy atom. The van der Waals surface area contributed by atoms with E-state index < -0.39 is 10.0 Å². The van der Waals surface area contributed by atoms with Crippen molar-refractivity contribution in [2.45, 2.75) is 30.9 Å². The normalized spacial score (nSPS) is 18.1. The van der Waals surface area contributed by atoms with Gasteiger partial charge in [-0.05, 0) is 62.6 Å². The summed E-state index contributed by atoms with van der Waals surface area (Å²) >= 11 is 1.27. The van der Waals surface area contributed by atoms with E-state index in [9.17, 15) is 13.2 Å². The number of pyridine rings is 1. The summed E-state index contributed by atoms with van der Waals surface area (Å²) in [4.78, 5) is 18.3. The fraction of sp³-hybridized carbons (Fsp3) is 0.333. The van der Waals surface area contributed by atoms with E-state index in [1.54, 1.807) is 12.3 Å². The molecule has 4 rings (SSSR count). The minimum atomic E-state index is -3.56. The van der Waals surface area contributed by atoms with Crippen molar-refractivity contribution in [3.05, 3.63) is 53.0 Å². The van der Waals surface area contributed by atoms with Crippen LogP contribution < -0.4 is 5.32 Å². The first-order valence-corrected chi connectivity index (χ1v) is 11.8. The molecule has 1 unspecified atom stereocenters. The van der Waals surface area contributed by atoms with Crippen LogP contribution in [-0.2, 0) is 14.8 Å². The highest BCUT2D eigenvalue weighted by molar-refractivity contribution is 7.91. The molecule has 152 valence electrons. The highest BCUT2D eigenvalue weighted by Gasteiger charge is 2.34. The lowest BCUT2D eigenvalue weighted by Crippen LogP contribution is -2.43. The molecule has 1 fully saturated rings. The highest BCUT2D eigenvalue weighted by Crippen LogP contribution is 2.30. The van der Waals surface area contributed by atoms with Crippen molar-refractivity contribution < 1.29 is 13.2 Å². The SMILES string of the molecule is Cc1ccc(S(=O)(=O)N2CCCC(C(=O)Nc3ccc(C)c4ncccc34)C2)s1. The number of benzene rings is 1. The molecule has 1 amide bonds. The molecule has 0 saturated carbocycles. The number of thiophene rings is 1. The minimum Gasteiger partial charge on any atom is -0.325 e. The van der Waals surface area contributed by atoms with Crippen LogP contribution in [-0.4, -0.2) is 36.7 Å². The number of hydrogen-bond acceptors (Lipinski definition) is 5. The van der Waals surface area contributed by atoms with Gasteiger partial charge in [-0.1, -0.05) is 6.07 Å². The molecular weight excluding hydrogens is 406 g/mol. The number of nitrogens with one attached hydrogen (secondary N) is 1. The van der Waals surface area contributed by atoms with Crippen LogP contribution in [0.3, 0.4) is 0 Å². The number of anilines is 1. The van der Waals surface area contributed by atoms with Crippen LogP contribution in [0.5, 0.6) is 0 Å². The van der Waals surface area contributed by atoms with Gasteiger partial charge in [0.1, 0.15) is 4.21 Å². The topological polar surface area (TPSA) is 79.4 Å². The molecule has 29 heavy (non-hydrogen) atoms. The maximum Gasteiger partial charge on any atom is 0.252 e. The van der Waals surface area contributed by atoms with Crippen molar-refractivity contribution in [3.63, 3.8) is 0 Å². The summed E-state index contributed by atoms with van der Waals surface area (Å²) in [6, 6.07) is 11.0. The molecule has 0 radical (unpaired) electrons. The van der Waals surface area contributed by atoms with Gasteiger partial charge in [-0.3, -0.25) is 9.78 Å². The molecule has 8 heteroatoms. The summed E-state index contributed by atoms with van der Waals surface area (Å²) in [5, 5.41) is 3.88. The zero-order valence-electron chi connectivity index (χ0n) is 16.4. The van der Waals surface area contributed by atoms with E-state index in [1.165, 1.54) is 15.6 Å². The van der Waals surface area contributed by atoms with E-state index in [2.05, 4.69) is 10.3 Å². The molecule has 1 aliphatic rings. The third kappa shape index (κ3) is 3.92. The number of hydrogen-bond donors (Lipinski definition) is 1. The fourth-order valence-electron chi connectivity index (χ4n) is 3.71. The number of aryl methyl sites for hydroxylation is 2. The minimum absolute atomic E-state index is 0.152. The van der Waals surface area contributed by atoms with E-state index in [0.29, 0.717) is 29.3 Å². The summed E-state index contributed by atoms with van der Waals surface area (Å²) in [7, 11) is -3.56. The largest absolute Gasteiger partial charge is 0.325 e. The number of rotatable bonds is 4. The number of amides is 1. The van der Waals surface area contributed by atoms with Crippen molar-refractivity contribution in [2.75, 3.05) is 18.4 Å². The first-order chi connectivity index (χ1) is 13.9. The van der Waals surface area contributed by atoms with Crippen molar-refractivity contribution >= 4 is 43.9 Å². The second-order valence-corrected chi connectivity index (χ2v) is 10.8. The Morgan fingerprint density at radius 3 is 2.79 bits per heavy atom. The molecule has 3 heterocycles. The molecule has 3 aromatic rings. The van der Waals surface area contributed by atoms with Gasteiger partial charge in [-0.2, -0.15) is 4.31 Å². The third-order valence-electron chi connectivity index (χ3n) is 5.29. The molecule has 1 atom stereocenters. The van der Waals surface area contributed by atoms with Crippen molar-refractivity contribution in [1.29, 1.82) is 0 Å². The van der Waals surface area contributed by atoms with Crippen LogP contribution in [0, 0.1) is 19.8 Å². The quantitative estimate of drug-likeness (QED) is 0.681. The zero-order chi connectivity index (χ0) is 20.6. The van der Waals surface area contributed by atoms with Crippen LogP contribution in [0.1, 0.15) is 23.3 Å². The number of sulfonamides is 1. The van der Waals surface area contributed by atoms with Gasteiger partial charge in [-0.25, -0.2) is 8.42 Å². The summed E-state index contributed by atoms with van der Waals surface area (Å²) in [5.41, 5.74) is 2.60. The number of piperidine rings is 1. The van der Waals surface area contributed by atoms with Crippen LogP contribution in [0.4, 0.5) is 5.69 Å². The summed E-state index contributed by atoms with van der Waals surface area (Å²) in [6.45, 7) is 4.52. The molecule has 2 aromatic heterocycles. The summed E-state index contributed by atoms with van der Waals surface area (Å²) in [6.07, 6.45) is 3.07. The summed E-state index contributed by atoms with van der Waals surface area (Å²) < 4.78 is 27.7. The van der Waals surface area contributed by atoms with Crippen LogP contribution in [0.2, 0.25) is 0 Å². The predicted octanol–water partition coefficient (Wildman–Crippen LogP) is 3.95. The van der Waals surface area contributed by atoms with Crippen LogP contribution in [0.25, 0.3) is 10.9 Å². The summed E-state index contributed by atoms with van der Waals surface area (Å²) in [5.74, 6) is -0.533. The predicted molar refractivity (Wildman–Crippen MR) is 116 cm³/mol. The highest BCUT2D eigenvalue weighted by atomic mass is 32.2. The van der Waals surface area contributed by atoms with Crippen LogP contribution >= 0.6 is 11.3 Å². The van der Waals surface area contributed by atoms with E-state index in [0.717, 1.165) is 21.3 Å². The maximum absolute atomic E-state index is 13.0. The molecule has 1 aliphatic heterocycles. The number of carbonyl (C=O) groups is 1. The standard InChI is InChI=1S/C21H23N3O3S2/c1-14-7-9-18(17-6-3-11-22-20(14)17)23-21(25)16-5-4-12-24(13-16)29(26,27)19-10-8-15(2)28-19/h3,6-11,16H,4-5,12-13H2,1-2H3,(H,23,25). The Hall–Kier alpha value is -2.29. The third-order valence-corrected chi connectivity index (χ3v) is 8.63. The van der Waals surface area contributed by atoms with Gasteiger partial charge < -0.3 is 5.32 Å².